The molecule has 1 nitrogen and oxygen atoms in total. The van der Waals surface area contributed by atoms with Gasteiger partial charge in [-0.1, -0.05) is 12.1 Å². The second-order valence-electron chi connectivity index (χ2n) is 2.46. The van der Waals surface area contributed by atoms with Gasteiger partial charge in [-0.2, -0.15) is 0 Å². The first-order chi connectivity index (χ1) is 4.74. The number of rotatable bonds is 1. The molecule has 0 fully saturated rings. The van der Waals surface area contributed by atoms with E-state index in [1.54, 1.807) is 0 Å². The van der Waals surface area contributed by atoms with E-state index in [0.29, 0.717) is 0 Å². The fourth-order valence-corrected chi connectivity index (χ4v) is 0.891. The van der Waals surface area contributed by atoms with Gasteiger partial charge in [0.05, 0.1) is 0 Å². The fraction of sp³-hybridized carbons (Fsp3) is 0.250. The highest BCUT2D eigenvalue weighted by atomic mass is 14.7. The average molecular weight is 131 g/mol. The molecule has 0 saturated heterocycles. The van der Waals surface area contributed by atoms with Crippen LogP contribution in [0.3, 0.4) is 0 Å². The quantitative estimate of drug-likeness (QED) is 0.573. The Hall–Kier alpha value is -0.915. The molecule has 0 aliphatic carbocycles. The van der Waals surface area contributed by atoms with Gasteiger partial charge >= 0.3 is 0 Å². The van der Waals surface area contributed by atoms with Crippen LogP contribution in [0.5, 0.6) is 0 Å². The number of benzene rings is 1. The van der Waals surface area contributed by atoms with Crippen LogP contribution >= 0.6 is 0 Å². The van der Waals surface area contributed by atoms with E-state index in [2.05, 4.69) is 11.3 Å². The molecule has 1 aromatic rings. The molecule has 0 aliphatic heterocycles. The highest BCUT2D eigenvalue weighted by Gasteiger charge is 1.92. The van der Waals surface area contributed by atoms with Gasteiger partial charge in [-0.05, 0) is 31.0 Å². The van der Waals surface area contributed by atoms with E-state index >= 15 is 0 Å². The molecule has 0 heterocycles. The third kappa shape index (κ3) is 1.32. The smallest absolute Gasteiger partial charge is 0.222 e. The van der Waals surface area contributed by atoms with Crippen LogP contribution in [0.25, 0.3) is 0 Å². The van der Waals surface area contributed by atoms with Crippen molar-refractivity contribution in [2.24, 2.45) is 0 Å². The van der Waals surface area contributed by atoms with Crippen LogP contribution in [0.15, 0.2) is 18.2 Å². The lowest BCUT2D eigenvalue weighted by Gasteiger charge is -2.04. The lowest BCUT2D eigenvalue weighted by molar-refractivity contribution is 1.40. The molecular formula is C8H10BN. The minimum Gasteiger partial charge on any atom is -0.437 e. The van der Waals surface area contributed by atoms with Crippen LogP contribution in [-0.2, 0) is 0 Å². The summed E-state index contributed by atoms with van der Waals surface area (Å²) in [6.45, 7) is 4.06. The van der Waals surface area contributed by atoms with Crippen molar-refractivity contribution in [2.45, 2.75) is 13.8 Å². The standard InChI is InChI=1S/C8H10BN/c1-6-3-4-7(2)8(5-6)10-9/h3-5,10H,1-2H3. The number of anilines is 1. The van der Waals surface area contributed by atoms with Crippen LogP contribution in [0.4, 0.5) is 5.69 Å². The third-order valence-electron chi connectivity index (χ3n) is 1.55. The number of aryl methyl sites for hydroxylation is 2. The molecule has 0 aromatic heterocycles. The zero-order valence-electron chi connectivity index (χ0n) is 6.31. The second-order valence-corrected chi connectivity index (χ2v) is 2.46. The third-order valence-corrected chi connectivity index (χ3v) is 1.55. The second kappa shape index (κ2) is 2.78. The van der Waals surface area contributed by atoms with Gasteiger partial charge in [0, 0.05) is 5.69 Å². The van der Waals surface area contributed by atoms with Gasteiger partial charge in [0.1, 0.15) is 0 Å². The van der Waals surface area contributed by atoms with Crippen LogP contribution in [0, 0.1) is 13.8 Å². The summed E-state index contributed by atoms with van der Waals surface area (Å²) in [5.41, 5.74) is 3.40. The molecule has 0 amide bonds. The minimum absolute atomic E-state index is 1.00. The molecule has 1 aromatic carbocycles. The summed E-state index contributed by atoms with van der Waals surface area (Å²) >= 11 is 0. The van der Waals surface area contributed by atoms with E-state index in [1.165, 1.54) is 11.1 Å². The average Bonchev–Trinajstić information content (AvgIpc) is 1.94. The van der Waals surface area contributed by atoms with E-state index in [9.17, 15) is 0 Å². The lowest BCUT2D eigenvalue weighted by atomic mass is 10.1. The maximum atomic E-state index is 5.27. The zero-order chi connectivity index (χ0) is 7.56. The first-order valence-corrected chi connectivity index (χ1v) is 3.28. The summed E-state index contributed by atoms with van der Waals surface area (Å²) in [7, 11) is 5.27. The molecule has 0 saturated carbocycles. The Morgan fingerprint density at radius 1 is 1.30 bits per heavy atom. The number of hydrogen-bond acceptors (Lipinski definition) is 1. The van der Waals surface area contributed by atoms with Crippen molar-refractivity contribution in [3.63, 3.8) is 0 Å². The minimum atomic E-state index is 1.00. The molecule has 2 radical (unpaired) electrons. The van der Waals surface area contributed by atoms with Crippen molar-refractivity contribution in [2.75, 3.05) is 5.23 Å². The van der Waals surface area contributed by atoms with Gasteiger partial charge in [-0.15, -0.1) is 0 Å². The Labute approximate surface area is 62.9 Å². The molecule has 50 valence electrons. The first-order valence-electron chi connectivity index (χ1n) is 3.28. The van der Waals surface area contributed by atoms with E-state index in [0.717, 1.165) is 5.69 Å². The normalized spacial score (nSPS) is 9.40. The molecule has 0 bridgehead atoms. The Bertz CT molecular complexity index is 233. The van der Waals surface area contributed by atoms with Crippen molar-refractivity contribution < 1.29 is 0 Å². The molecule has 1 rings (SSSR count). The highest BCUT2D eigenvalue weighted by molar-refractivity contribution is 6.16. The van der Waals surface area contributed by atoms with Gasteiger partial charge in [0.15, 0.2) is 0 Å². The predicted octanol–water partition coefficient (Wildman–Crippen LogP) is 1.80. The molecule has 1 N–H and O–H groups in total. The van der Waals surface area contributed by atoms with Gasteiger partial charge in [0.25, 0.3) is 0 Å². The van der Waals surface area contributed by atoms with Crippen molar-refractivity contribution in [1.82, 2.24) is 0 Å². The summed E-state index contributed by atoms with van der Waals surface area (Å²) in [5, 5.41) is 2.64. The van der Waals surface area contributed by atoms with Crippen LogP contribution < -0.4 is 5.23 Å². The molecular weight excluding hydrogens is 121 g/mol. The predicted molar refractivity (Wildman–Crippen MR) is 45.3 cm³/mol. The molecule has 0 aliphatic rings. The van der Waals surface area contributed by atoms with Crippen molar-refractivity contribution in [3.05, 3.63) is 29.3 Å². The van der Waals surface area contributed by atoms with Crippen molar-refractivity contribution in [1.29, 1.82) is 0 Å². The summed E-state index contributed by atoms with van der Waals surface area (Å²) in [5.74, 6) is 0. The largest absolute Gasteiger partial charge is 0.437 e. The molecule has 2 heteroatoms. The summed E-state index contributed by atoms with van der Waals surface area (Å²) in [4.78, 5) is 0. The summed E-state index contributed by atoms with van der Waals surface area (Å²) in [6, 6.07) is 6.13. The lowest BCUT2D eigenvalue weighted by Crippen LogP contribution is -1.93. The Kier molecular flexibility index (Phi) is 2.00. The van der Waals surface area contributed by atoms with Crippen molar-refractivity contribution >= 4 is 13.7 Å². The first kappa shape index (κ1) is 7.20. The SMILES string of the molecule is [B]Nc1cc(C)ccc1C. The number of nitrogens with one attached hydrogen (secondary N) is 1. The Balaban J connectivity index is 3.09. The van der Waals surface area contributed by atoms with Crippen LogP contribution in [0.2, 0.25) is 0 Å². The molecule has 0 spiro atoms. The van der Waals surface area contributed by atoms with Gasteiger partial charge in [0.2, 0.25) is 7.98 Å². The van der Waals surface area contributed by atoms with Gasteiger partial charge in [-0.3, -0.25) is 0 Å². The summed E-state index contributed by atoms with van der Waals surface area (Å²) < 4.78 is 0. The van der Waals surface area contributed by atoms with Crippen LogP contribution in [0.1, 0.15) is 11.1 Å². The molecule has 0 unspecified atom stereocenters. The Morgan fingerprint density at radius 3 is 2.50 bits per heavy atom. The summed E-state index contributed by atoms with van der Waals surface area (Å²) in [6.07, 6.45) is 0. The number of hydrogen-bond donors (Lipinski definition) is 1. The van der Waals surface area contributed by atoms with Crippen LogP contribution in [-0.4, -0.2) is 7.98 Å². The molecule has 10 heavy (non-hydrogen) atoms. The maximum absolute atomic E-state index is 5.27. The van der Waals surface area contributed by atoms with E-state index in [-0.39, 0.29) is 0 Å². The highest BCUT2D eigenvalue weighted by Crippen LogP contribution is 2.14. The Morgan fingerprint density at radius 2 is 2.00 bits per heavy atom. The van der Waals surface area contributed by atoms with Gasteiger partial charge in [-0.25, -0.2) is 0 Å². The monoisotopic (exact) mass is 131 g/mol. The van der Waals surface area contributed by atoms with Crippen molar-refractivity contribution in [3.8, 4) is 0 Å². The van der Waals surface area contributed by atoms with E-state index in [1.807, 2.05) is 26.0 Å². The van der Waals surface area contributed by atoms with Gasteiger partial charge < -0.3 is 5.23 Å². The maximum Gasteiger partial charge on any atom is 0.222 e. The fourth-order valence-electron chi connectivity index (χ4n) is 0.891. The van der Waals surface area contributed by atoms with E-state index < -0.39 is 0 Å². The topological polar surface area (TPSA) is 12.0 Å². The van der Waals surface area contributed by atoms with E-state index in [4.69, 9.17) is 7.98 Å². The zero-order valence-corrected chi connectivity index (χ0v) is 6.31. The molecule has 0 atom stereocenters.